The maximum absolute atomic E-state index is 12.4. The van der Waals surface area contributed by atoms with Crippen LogP contribution in [0.15, 0.2) is 51.3 Å². The van der Waals surface area contributed by atoms with Gasteiger partial charge >= 0.3 is 0 Å². The summed E-state index contributed by atoms with van der Waals surface area (Å²) in [5, 5.41) is 5.38. The van der Waals surface area contributed by atoms with Crippen molar-refractivity contribution < 1.29 is 9.21 Å². The minimum Gasteiger partial charge on any atom is -0.463 e. The Bertz CT molecular complexity index is 911. The van der Waals surface area contributed by atoms with Crippen molar-refractivity contribution in [1.82, 2.24) is 4.98 Å². The van der Waals surface area contributed by atoms with Crippen LogP contribution in [0.4, 0.5) is 5.13 Å². The summed E-state index contributed by atoms with van der Waals surface area (Å²) in [7, 11) is 0. The van der Waals surface area contributed by atoms with Gasteiger partial charge in [0.05, 0.1) is 10.9 Å². The zero-order chi connectivity index (χ0) is 15.5. The molecule has 0 unspecified atom stereocenters. The number of fused-ring (bicyclic) bond motifs is 1. The maximum atomic E-state index is 12.4. The van der Waals surface area contributed by atoms with Gasteiger partial charge in [0.2, 0.25) is 5.91 Å². The Hall–Kier alpha value is -2.73. The molecule has 0 fully saturated rings. The number of aromatic nitrogens is 1. The second-order valence-corrected chi connectivity index (χ2v) is 5.57. The summed E-state index contributed by atoms with van der Waals surface area (Å²) in [6, 6.07) is 5.41. The lowest BCUT2D eigenvalue weighted by Gasteiger charge is -2.00. The number of carbonyl (C=O) groups is 1. The van der Waals surface area contributed by atoms with Crippen LogP contribution in [0.1, 0.15) is 11.1 Å². The third kappa shape index (κ3) is 2.96. The van der Waals surface area contributed by atoms with Crippen LogP contribution in [0, 0.1) is 6.92 Å². The molecule has 3 aromatic rings. The van der Waals surface area contributed by atoms with Crippen molar-refractivity contribution in [2.45, 2.75) is 6.92 Å². The third-order valence-corrected chi connectivity index (χ3v) is 3.72. The molecule has 1 amide bonds. The smallest absolute Gasteiger partial charge is 0.250 e. The van der Waals surface area contributed by atoms with E-state index in [4.69, 9.17) is 4.42 Å². The third-order valence-electron chi connectivity index (χ3n) is 3.03. The number of thiazole rings is 1. The number of amides is 1. The molecule has 2 heterocycles. The number of hydrogen-bond acceptors (Lipinski definition) is 5. The van der Waals surface area contributed by atoms with Crippen molar-refractivity contribution in [2.75, 3.05) is 5.32 Å². The number of carbonyl (C=O) groups excluding carboxylic acids is 1. The highest BCUT2D eigenvalue weighted by molar-refractivity contribution is 7.13. The number of aryl methyl sites for hydroxylation is 1. The van der Waals surface area contributed by atoms with E-state index in [1.165, 1.54) is 29.8 Å². The van der Waals surface area contributed by atoms with Gasteiger partial charge in [-0.1, -0.05) is 11.6 Å². The van der Waals surface area contributed by atoms with E-state index < -0.39 is 0 Å². The number of hydrogen-bond donors (Lipinski definition) is 1. The molecule has 0 atom stereocenters. The predicted molar refractivity (Wildman–Crippen MR) is 87.0 cm³/mol. The monoisotopic (exact) mass is 312 g/mol. The van der Waals surface area contributed by atoms with Gasteiger partial charge in [-0.2, -0.15) is 0 Å². The summed E-state index contributed by atoms with van der Waals surface area (Å²) in [6.07, 6.45) is 5.68. The summed E-state index contributed by atoms with van der Waals surface area (Å²) in [5.41, 5.74) is 1.66. The highest BCUT2D eigenvalue weighted by Gasteiger charge is 2.06. The van der Waals surface area contributed by atoms with Crippen LogP contribution in [0.2, 0.25) is 0 Å². The highest BCUT2D eigenvalue weighted by atomic mass is 32.1. The van der Waals surface area contributed by atoms with E-state index in [1.54, 1.807) is 23.7 Å². The fraction of sp³-hybridized carbons (Fsp3) is 0.0625. The van der Waals surface area contributed by atoms with Crippen LogP contribution in [0.5, 0.6) is 0 Å². The quantitative estimate of drug-likeness (QED) is 0.754. The zero-order valence-corrected chi connectivity index (χ0v) is 12.5. The molecule has 0 radical (unpaired) electrons. The second kappa shape index (κ2) is 5.95. The topological polar surface area (TPSA) is 72.2 Å². The van der Waals surface area contributed by atoms with Crippen LogP contribution in [-0.4, -0.2) is 10.9 Å². The Morgan fingerprint density at radius 3 is 3.05 bits per heavy atom. The molecule has 0 bridgehead atoms. The van der Waals surface area contributed by atoms with Gasteiger partial charge in [-0.05, 0) is 25.1 Å². The Morgan fingerprint density at radius 1 is 1.41 bits per heavy atom. The first-order valence-electron chi connectivity index (χ1n) is 6.54. The molecule has 22 heavy (non-hydrogen) atoms. The van der Waals surface area contributed by atoms with Crippen molar-refractivity contribution in [3.63, 3.8) is 0 Å². The van der Waals surface area contributed by atoms with Gasteiger partial charge in [-0.3, -0.25) is 14.9 Å². The summed E-state index contributed by atoms with van der Waals surface area (Å²) < 4.78 is 5.42. The summed E-state index contributed by atoms with van der Waals surface area (Å²) in [6.45, 7) is 1.91. The molecule has 0 saturated heterocycles. The minimum atomic E-state index is -0.348. The highest BCUT2D eigenvalue weighted by Crippen LogP contribution is 2.14. The van der Waals surface area contributed by atoms with Crippen molar-refractivity contribution in [3.05, 3.63) is 63.5 Å². The normalized spacial score (nSPS) is 11.1. The van der Waals surface area contributed by atoms with Gasteiger partial charge < -0.3 is 4.42 Å². The van der Waals surface area contributed by atoms with Crippen molar-refractivity contribution in [3.8, 4) is 0 Å². The molecular formula is C16H12N2O3S. The Kier molecular flexibility index (Phi) is 3.84. The van der Waals surface area contributed by atoms with Crippen molar-refractivity contribution >= 4 is 39.4 Å². The maximum Gasteiger partial charge on any atom is 0.250 e. The second-order valence-electron chi connectivity index (χ2n) is 4.68. The zero-order valence-electron chi connectivity index (χ0n) is 11.7. The van der Waals surface area contributed by atoms with Crippen LogP contribution in [0.25, 0.3) is 17.0 Å². The first-order chi connectivity index (χ1) is 10.6. The van der Waals surface area contributed by atoms with Crippen molar-refractivity contribution in [2.24, 2.45) is 0 Å². The molecule has 6 heteroatoms. The number of anilines is 1. The van der Waals surface area contributed by atoms with Crippen LogP contribution < -0.4 is 10.7 Å². The van der Waals surface area contributed by atoms with Gasteiger partial charge in [0, 0.05) is 17.7 Å². The Labute approximate surface area is 129 Å². The molecule has 0 aliphatic carbocycles. The van der Waals surface area contributed by atoms with Crippen LogP contribution >= 0.6 is 11.3 Å². The lowest BCUT2D eigenvalue weighted by atomic mass is 10.1. The number of benzene rings is 1. The summed E-state index contributed by atoms with van der Waals surface area (Å²) in [4.78, 5) is 28.1. The average Bonchev–Trinajstić information content (AvgIpc) is 3.00. The molecule has 2 aromatic heterocycles. The Balaban J connectivity index is 1.87. The fourth-order valence-electron chi connectivity index (χ4n) is 1.97. The molecule has 0 spiro atoms. The molecule has 0 saturated carbocycles. The van der Waals surface area contributed by atoms with Crippen LogP contribution in [-0.2, 0) is 4.79 Å². The van der Waals surface area contributed by atoms with E-state index in [0.29, 0.717) is 21.7 Å². The number of rotatable bonds is 3. The standard InChI is InChI=1S/C16H12N2O3S/c1-10-2-4-13-12(8-10)15(20)11(9-21-13)3-5-14(19)18-16-17-6-7-22-16/h2-9H,1H3,(H,17,18,19)/b5-3+. The fourth-order valence-corrected chi connectivity index (χ4v) is 2.50. The molecule has 3 rings (SSSR count). The van der Waals surface area contributed by atoms with E-state index in [-0.39, 0.29) is 11.3 Å². The molecule has 1 N–H and O–H groups in total. The molecule has 0 aliphatic rings. The first kappa shape index (κ1) is 14.2. The molecule has 0 aliphatic heterocycles. The summed E-state index contributed by atoms with van der Waals surface area (Å²) in [5.74, 6) is -0.348. The van der Waals surface area contributed by atoms with E-state index in [1.807, 2.05) is 13.0 Å². The van der Waals surface area contributed by atoms with E-state index >= 15 is 0 Å². The van der Waals surface area contributed by atoms with Gasteiger partial charge in [0.25, 0.3) is 0 Å². The average molecular weight is 312 g/mol. The number of nitrogens with one attached hydrogen (secondary N) is 1. The van der Waals surface area contributed by atoms with E-state index in [9.17, 15) is 9.59 Å². The lowest BCUT2D eigenvalue weighted by Crippen LogP contribution is -2.09. The minimum absolute atomic E-state index is 0.164. The molecular weight excluding hydrogens is 300 g/mol. The van der Waals surface area contributed by atoms with E-state index in [2.05, 4.69) is 10.3 Å². The van der Waals surface area contributed by atoms with Gasteiger partial charge in [-0.25, -0.2) is 4.98 Å². The lowest BCUT2D eigenvalue weighted by molar-refractivity contribution is -0.111. The molecule has 1 aromatic carbocycles. The predicted octanol–water partition coefficient (Wildman–Crippen LogP) is 3.21. The first-order valence-corrected chi connectivity index (χ1v) is 7.42. The van der Waals surface area contributed by atoms with Gasteiger partial charge in [0.15, 0.2) is 10.6 Å². The SMILES string of the molecule is Cc1ccc2occ(/C=C/C(=O)Nc3nccs3)c(=O)c2c1. The largest absolute Gasteiger partial charge is 0.463 e. The van der Waals surface area contributed by atoms with Crippen molar-refractivity contribution in [1.29, 1.82) is 0 Å². The van der Waals surface area contributed by atoms with E-state index in [0.717, 1.165) is 5.56 Å². The Morgan fingerprint density at radius 2 is 2.27 bits per heavy atom. The van der Waals surface area contributed by atoms with Gasteiger partial charge in [-0.15, -0.1) is 11.3 Å². The number of nitrogens with zero attached hydrogens (tertiary/aromatic N) is 1. The van der Waals surface area contributed by atoms with Crippen LogP contribution in [0.3, 0.4) is 0 Å². The van der Waals surface area contributed by atoms with Gasteiger partial charge in [0.1, 0.15) is 11.8 Å². The molecule has 110 valence electrons. The summed E-state index contributed by atoms with van der Waals surface area (Å²) >= 11 is 1.32. The molecule has 5 nitrogen and oxygen atoms in total.